The van der Waals surface area contributed by atoms with Gasteiger partial charge in [-0.2, -0.15) is 0 Å². The van der Waals surface area contributed by atoms with Gasteiger partial charge in [0, 0.05) is 6.54 Å². The summed E-state index contributed by atoms with van der Waals surface area (Å²) in [6.07, 6.45) is 1.03. The van der Waals surface area contributed by atoms with Gasteiger partial charge in [0.05, 0.1) is 6.04 Å². The first-order chi connectivity index (χ1) is 10.2. The molecule has 2 aromatic carbocycles. The first kappa shape index (κ1) is 12.7. The zero-order chi connectivity index (χ0) is 14.4. The van der Waals surface area contributed by atoms with Gasteiger partial charge in [-0.25, -0.2) is 0 Å². The minimum atomic E-state index is 0.238. The zero-order valence-electron chi connectivity index (χ0n) is 12.4. The van der Waals surface area contributed by atoms with Crippen molar-refractivity contribution < 1.29 is 9.47 Å². The van der Waals surface area contributed by atoms with Crippen LogP contribution in [0.5, 0.6) is 11.5 Å². The molecule has 0 aliphatic carbocycles. The molecule has 1 N–H and O–H groups in total. The van der Waals surface area contributed by atoms with Gasteiger partial charge in [0.15, 0.2) is 11.5 Å². The summed E-state index contributed by atoms with van der Waals surface area (Å²) in [5.74, 6) is 1.75. The summed E-state index contributed by atoms with van der Waals surface area (Å²) in [6.45, 7) is 5.63. The molecule has 1 unspecified atom stereocenters. The molecule has 21 heavy (non-hydrogen) atoms. The number of nitrogens with one attached hydrogen (secondary N) is 1. The van der Waals surface area contributed by atoms with Gasteiger partial charge in [-0.1, -0.05) is 29.3 Å². The third-order valence-corrected chi connectivity index (χ3v) is 4.27. The summed E-state index contributed by atoms with van der Waals surface area (Å²) in [4.78, 5) is 0. The van der Waals surface area contributed by atoms with Gasteiger partial charge in [0.1, 0.15) is 0 Å². The molecule has 0 bridgehead atoms. The lowest BCUT2D eigenvalue weighted by molar-refractivity contribution is 0.174. The first-order valence-electron chi connectivity index (χ1n) is 7.45. The molecule has 3 nitrogen and oxygen atoms in total. The Kier molecular flexibility index (Phi) is 2.89. The number of fused-ring (bicyclic) bond motifs is 2. The molecule has 0 saturated heterocycles. The second-order valence-corrected chi connectivity index (χ2v) is 5.96. The molecule has 108 valence electrons. The second-order valence-electron chi connectivity index (χ2n) is 5.96. The van der Waals surface area contributed by atoms with Crippen LogP contribution in [-0.4, -0.2) is 13.3 Å². The monoisotopic (exact) mass is 281 g/mol. The number of ether oxygens (including phenoxy) is 2. The highest BCUT2D eigenvalue weighted by Gasteiger charge is 2.26. The fraction of sp³-hybridized carbons (Fsp3) is 0.333. The maximum Gasteiger partial charge on any atom is 0.231 e. The molecule has 0 aromatic heterocycles. The van der Waals surface area contributed by atoms with E-state index in [1.165, 1.54) is 27.8 Å². The summed E-state index contributed by atoms with van der Waals surface area (Å²) < 4.78 is 11.0. The van der Waals surface area contributed by atoms with Crippen molar-refractivity contribution >= 4 is 0 Å². The van der Waals surface area contributed by atoms with E-state index in [9.17, 15) is 0 Å². The maximum absolute atomic E-state index is 5.55. The van der Waals surface area contributed by atoms with Crippen LogP contribution in [-0.2, 0) is 6.42 Å². The lowest BCUT2D eigenvalue weighted by Crippen LogP contribution is -2.30. The Morgan fingerprint density at radius 3 is 2.43 bits per heavy atom. The Morgan fingerprint density at radius 2 is 1.67 bits per heavy atom. The molecular weight excluding hydrogens is 262 g/mol. The minimum Gasteiger partial charge on any atom is -0.454 e. The molecule has 0 amide bonds. The van der Waals surface area contributed by atoms with E-state index >= 15 is 0 Å². The molecule has 0 saturated carbocycles. The summed E-state index contributed by atoms with van der Waals surface area (Å²) in [5, 5.41) is 3.64. The predicted molar refractivity (Wildman–Crippen MR) is 82.0 cm³/mol. The standard InChI is InChI=1S/C18H19NO2/c1-11-5-12(2)7-14(6-11)18-15-9-17-16(20-10-21-17)8-13(15)3-4-19-18/h5-9,18-19H,3-4,10H2,1-2H3. The molecule has 4 rings (SSSR count). The lowest BCUT2D eigenvalue weighted by Gasteiger charge is -2.28. The van der Waals surface area contributed by atoms with Gasteiger partial charge in [-0.15, -0.1) is 0 Å². The van der Waals surface area contributed by atoms with Crippen molar-refractivity contribution in [3.8, 4) is 11.5 Å². The normalized spacial score (nSPS) is 19.4. The summed E-state index contributed by atoms with van der Waals surface area (Å²) >= 11 is 0. The maximum atomic E-state index is 5.55. The van der Waals surface area contributed by atoms with Gasteiger partial charge in [-0.05, 0) is 49.1 Å². The number of hydrogen-bond donors (Lipinski definition) is 1. The third kappa shape index (κ3) is 2.18. The van der Waals surface area contributed by atoms with Crippen LogP contribution >= 0.6 is 0 Å². The van der Waals surface area contributed by atoms with Gasteiger partial charge in [-0.3, -0.25) is 0 Å². The van der Waals surface area contributed by atoms with Crippen molar-refractivity contribution in [2.24, 2.45) is 0 Å². The molecule has 2 aliphatic heterocycles. The summed E-state index contributed by atoms with van der Waals surface area (Å²) in [6, 6.07) is 11.3. The fourth-order valence-corrected chi connectivity index (χ4v) is 3.42. The highest BCUT2D eigenvalue weighted by Crippen LogP contribution is 2.40. The van der Waals surface area contributed by atoms with Crippen LogP contribution in [0.1, 0.15) is 33.9 Å². The Bertz CT molecular complexity index is 688. The molecule has 2 heterocycles. The number of hydrogen-bond acceptors (Lipinski definition) is 3. The Labute approximate surface area is 124 Å². The van der Waals surface area contributed by atoms with Crippen molar-refractivity contribution in [2.45, 2.75) is 26.3 Å². The average molecular weight is 281 g/mol. The van der Waals surface area contributed by atoms with E-state index in [4.69, 9.17) is 9.47 Å². The van der Waals surface area contributed by atoms with E-state index in [1.807, 2.05) is 0 Å². The average Bonchev–Trinajstić information content (AvgIpc) is 2.90. The van der Waals surface area contributed by atoms with Crippen molar-refractivity contribution in [2.75, 3.05) is 13.3 Å². The van der Waals surface area contributed by atoms with E-state index in [0.717, 1.165) is 24.5 Å². The van der Waals surface area contributed by atoms with E-state index in [2.05, 4.69) is 49.5 Å². The smallest absolute Gasteiger partial charge is 0.231 e. The van der Waals surface area contributed by atoms with Crippen LogP contribution in [0, 0.1) is 13.8 Å². The zero-order valence-corrected chi connectivity index (χ0v) is 12.4. The predicted octanol–water partition coefficient (Wildman–Crippen LogP) is 3.27. The number of aryl methyl sites for hydroxylation is 2. The number of rotatable bonds is 1. The molecule has 1 atom stereocenters. The molecule has 2 aromatic rings. The summed E-state index contributed by atoms with van der Waals surface area (Å²) in [5.41, 5.74) is 6.62. The van der Waals surface area contributed by atoms with Crippen molar-refractivity contribution in [1.29, 1.82) is 0 Å². The molecular formula is C18H19NO2. The van der Waals surface area contributed by atoms with Gasteiger partial charge in [0.2, 0.25) is 6.79 Å². The Balaban J connectivity index is 1.82. The van der Waals surface area contributed by atoms with Crippen LogP contribution < -0.4 is 14.8 Å². The first-order valence-corrected chi connectivity index (χ1v) is 7.45. The third-order valence-electron chi connectivity index (χ3n) is 4.27. The highest BCUT2D eigenvalue weighted by molar-refractivity contribution is 5.53. The molecule has 2 aliphatic rings. The quantitative estimate of drug-likeness (QED) is 0.870. The van der Waals surface area contributed by atoms with E-state index in [-0.39, 0.29) is 6.04 Å². The SMILES string of the molecule is Cc1cc(C)cc(C2NCCc3cc4c(cc32)OCO4)c1. The molecule has 0 spiro atoms. The molecule has 0 radical (unpaired) electrons. The van der Waals surface area contributed by atoms with Gasteiger partial charge >= 0.3 is 0 Å². The van der Waals surface area contributed by atoms with Gasteiger partial charge < -0.3 is 14.8 Å². The van der Waals surface area contributed by atoms with Crippen molar-refractivity contribution in [3.05, 3.63) is 58.1 Å². The Morgan fingerprint density at radius 1 is 0.952 bits per heavy atom. The van der Waals surface area contributed by atoms with Gasteiger partial charge in [0.25, 0.3) is 0 Å². The largest absolute Gasteiger partial charge is 0.454 e. The second kappa shape index (κ2) is 4.78. The Hall–Kier alpha value is -2.00. The minimum absolute atomic E-state index is 0.238. The topological polar surface area (TPSA) is 30.5 Å². The summed E-state index contributed by atoms with van der Waals surface area (Å²) in [7, 11) is 0. The van der Waals surface area contributed by atoms with E-state index in [0.29, 0.717) is 6.79 Å². The van der Waals surface area contributed by atoms with Crippen LogP contribution in [0.2, 0.25) is 0 Å². The van der Waals surface area contributed by atoms with Crippen LogP contribution in [0.25, 0.3) is 0 Å². The van der Waals surface area contributed by atoms with Crippen LogP contribution in [0.15, 0.2) is 30.3 Å². The van der Waals surface area contributed by atoms with Crippen molar-refractivity contribution in [3.63, 3.8) is 0 Å². The molecule has 0 fully saturated rings. The fourth-order valence-electron chi connectivity index (χ4n) is 3.42. The van der Waals surface area contributed by atoms with Crippen molar-refractivity contribution in [1.82, 2.24) is 5.32 Å². The van der Waals surface area contributed by atoms with E-state index in [1.54, 1.807) is 0 Å². The molecule has 3 heteroatoms. The van der Waals surface area contributed by atoms with E-state index < -0.39 is 0 Å². The number of benzene rings is 2. The van der Waals surface area contributed by atoms with Crippen LogP contribution in [0.4, 0.5) is 0 Å². The highest BCUT2D eigenvalue weighted by atomic mass is 16.7. The lowest BCUT2D eigenvalue weighted by atomic mass is 9.88. The van der Waals surface area contributed by atoms with Crippen LogP contribution in [0.3, 0.4) is 0 Å².